The molecule has 0 saturated carbocycles. The molecule has 0 aliphatic heterocycles. The highest BCUT2D eigenvalue weighted by atomic mass is 32.1. The molecule has 0 atom stereocenters. The predicted molar refractivity (Wildman–Crippen MR) is 102 cm³/mol. The smallest absolute Gasteiger partial charge is 0.230 e. The van der Waals surface area contributed by atoms with Crippen LogP contribution in [0.25, 0.3) is 11.5 Å². The van der Waals surface area contributed by atoms with E-state index in [-0.39, 0.29) is 0 Å². The molecular weight excluding hydrogens is 332 g/mol. The number of hydrogen-bond donors (Lipinski definition) is 0. The number of thiophene rings is 1. The Bertz CT molecular complexity index is 838. The summed E-state index contributed by atoms with van der Waals surface area (Å²) in [5, 5.41) is 2.14. The van der Waals surface area contributed by atoms with E-state index in [9.17, 15) is 0 Å². The van der Waals surface area contributed by atoms with Crippen molar-refractivity contribution < 1.29 is 9.15 Å². The number of rotatable bonds is 7. The van der Waals surface area contributed by atoms with Crippen molar-refractivity contribution in [1.29, 1.82) is 0 Å². The third-order valence-electron chi connectivity index (χ3n) is 4.11. The molecule has 2 heterocycles. The number of ether oxygens (including phenoxy) is 1. The average molecular weight is 356 g/mol. The van der Waals surface area contributed by atoms with Gasteiger partial charge in [-0.1, -0.05) is 12.1 Å². The molecule has 4 nitrogen and oxygen atoms in total. The van der Waals surface area contributed by atoms with Crippen LogP contribution in [-0.4, -0.2) is 23.5 Å². The second kappa shape index (κ2) is 7.85. The van der Waals surface area contributed by atoms with Crippen molar-refractivity contribution in [2.45, 2.75) is 33.9 Å². The van der Waals surface area contributed by atoms with E-state index in [0.29, 0.717) is 12.5 Å². The Morgan fingerprint density at radius 3 is 2.68 bits per heavy atom. The van der Waals surface area contributed by atoms with Gasteiger partial charge in [-0.15, -0.1) is 11.3 Å². The van der Waals surface area contributed by atoms with Crippen LogP contribution in [0, 0.1) is 13.8 Å². The van der Waals surface area contributed by atoms with E-state index in [1.165, 1.54) is 10.4 Å². The zero-order valence-electron chi connectivity index (χ0n) is 15.2. The standard InChI is InChI=1S/C20H24N2O2S/c1-5-23-18-9-7-6-8-16(18)20-21-17(15(3)24-20)12-22(4)13-19-14(2)10-11-25-19/h6-11H,5,12-13H2,1-4H3. The monoisotopic (exact) mass is 356 g/mol. The quantitative estimate of drug-likeness (QED) is 0.594. The highest BCUT2D eigenvalue weighted by molar-refractivity contribution is 7.10. The van der Waals surface area contributed by atoms with Gasteiger partial charge in [-0.3, -0.25) is 4.90 Å². The highest BCUT2D eigenvalue weighted by Crippen LogP contribution is 2.31. The molecule has 0 fully saturated rings. The minimum atomic E-state index is 0.618. The molecule has 0 saturated heterocycles. The molecule has 25 heavy (non-hydrogen) atoms. The van der Waals surface area contributed by atoms with Gasteiger partial charge in [0.25, 0.3) is 0 Å². The number of oxazole rings is 1. The molecule has 132 valence electrons. The van der Waals surface area contributed by atoms with E-state index in [1.54, 1.807) is 11.3 Å². The van der Waals surface area contributed by atoms with Crippen LogP contribution in [-0.2, 0) is 13.1 Å². The lowest BCUT2D eigenvalue weighted by Gasteiger charge is -2.14. The summed E-state index contributed by atoms with van der Waals surface area (Å²) in [6, 6.07) is 10.0. The van der Waals surface area contributed by atoms with E-state index < -0.39 is 0 Å². The Hall–Kier alpha value is -2.11. The van der Waals surface area contributed by atoms with E-state index in [1.807, 2.05) is 38.1 Å². The largest absolute Gasteiger partial charge is 0.493 e. The van der Waals surface area contributed by atoms with Gasteiger partial charge in [-0.25, -0.2) is 4.98 Å². The molecule has 1 aromatic carbocycles. The second-order valence-electron chi connectivity index (χ2n) is 6.15. The van der Waals surface area contributed by atoms with E-state index >= 15 is 0 Å². The SMILES string of the molecule is CCOc1ccccc1-c1nc(CN(C)Cc2sccc2C)c(C)o1. The van der Waals surface area contributed by atoms with E-state index in [0.717, 1.165) is 35.9 Å². The molecule has 0 spiro atoms. The van der Waals surface area contributed by atoms with Gasteiger partial charge in [0.05, 0.1) is 17.9 Å². The van der Waals surface area contributed by atoms with Crippen molar-refractivity contribution in [1.82, 2.24) is 9.88 Å². The molecule has 5 heteroatoms. The summed E-state index contributed by atoms with van der Waals surface area (Å²) in [5.74, 6) is 2.29. The summed E-state index contributed by atoms with van der Waals surface area (Å²) in [6.07, 6.45) is 0. The maximum absolute atomic E-state index is 5.93. The Balaban J connectivity index is 1.78. The van der Waals surface area contributed by atoms with Crippen LogP contribution < -0.4 is 4.74 Å². The first-order valence-electron chi connectivity index (χ1n) is 8.48. The highest BCUT2D eigenvalue weighted by Gasteiger charge is 2.16. The summed E-state index contributed by atoms with van der Waals surface area (Å²) < 4.78 is 11.6. The molecule has 0 radical (unpaired) electrons. The fourth-order valence-electron chi connectivity index (χ4n) is 2.74. The number of para-hydroxylation sites is 1. The van der Waals surface area contributed by atoms with E-state index in [4.69, 9.17) is 14.1 Å². The molecule has 3 rings (SSSR count). The zero-order chi connectivity index (χ0) is 17.8. The topological polar surface area (TPSA) is 38.5 Å². The first kappa shape index (κ1) is 17.7. The first-order valence-corrected chi connectivity index (χ1v) is 9.36. The molecule has 0 N–H and O–H groups in total. The lowest BCUT2D eigenvalue weighted by molar-refractivity contribution is 0.315. The number of aryl methyl sites for hydroxylation is 2. The van der Waals surface area contributed by atoms with Gasteiger partial charge in [0.15, 0.2) is 0 Å². The summed E-state index contributed by atoms with van der Waals surface area (Å²) in [7, 11) is 2.11. The second-order valence-corrected chi connectivity index (χ2v) is 7.15. The van der Waals surface area contributed by atoms with Gasteiger partial charge in [-0.05, 0) is 57.0 Å². The number of hydrogen-bond acceptors (Lipinski definition) is 5. The van der Waals surface area contributed by atoms with Gasteiger partial charge in [0, 0.05) is 18.0 Å². The Morgan fingerprint density at radius 2 is 1.96 bits per heavy atom. The minimum Gasteiger partial charge on any atom is -0.493 e. The summed E-state index contributed by atoms with van der Waals surface area (Å²) in [4.78, 5) is 8.39. The molecule has 3 aromatic rings. The zero-order valence-corrected chi connectivity index (χ0v) is 16.0. The van der Waals surface area contributed by atoms with Crippen LogP contribution >= 0.6 is 11.3 Å². The summed E-state index contributed by atoms with van der Waals surface area (Å²) in [6.45, 7) is 8.39. The third kappa shape index (κ3) is 4.11. The molecule has 0 aliphatic carbocycles. The van der Waals surface area contributed by atoms with Crippen LogP contribution in [0.1, 0.15) is 28.8 Å². The number of benzene rings is 1. The van der Waals surface area contributed by atoms with Crippen molar-refractivity contribution in [2.75, 3.05) is 13.7 Å². The lowest BCUT2D eigenvalue weighted by atomic mass is 10.2. The van der Waals surface area contributed by atoms with Gasteiger partial charge in [-0.2, -0.15) is 0 Å². The number of aromatic nitrogens is 1. The molecule has 2 aromatic heterocycles. The van der Waals surface area contributed by atoms with Crippen LogP contribution in [0.3, 0.4) is 0 Å². The summed E-state index contributed by atoms with van der Waals surface area (Å²) >= 11 is 1.80. The van der Waals surface area contributed by atoms with Crippen molar-refractivity contribution in [3.63, 3.8) is 0 Å². The fraction of sp³-hybridized carbons (Fsp3) is 0.350. The Labute approximate surface area is 153 Å². The Morgan fingerprint density at radius 1 is 1.16 bits per heavy atom. The molecular formula is C20H24N2O2S. The van der Waals surface area contributed by atoms with Crippen LogP contribution in [0.5, 0.6) is 5.75 Å². The number of nitrogens with zero attached hydrogens (tertiary/aromatic N) is 2. The van der Waals surface area contributed by atoms with Gasteiger partial charge in [0.2, 0.25) is 5.89 Å². The third-order valence-corrected chi connectivity index (χ3v) is 5.12. The maximum atomic E-state index is 5.93. The fourth-order valence-corrected chi connectivity index (χ4v) is 3.72. The van der Waals surface area contributed by atoms with Crippen LogP contribution in [0.4, 0.5) is 0 Å². The first-order chi connectivity index (χ1) is 12.1. The van der Waals surface area contributed by atoms with Crippen molar-refractivity contribution >= 4 is 11.3 Å². The van der Waals surface area contributed by atoms with Gasteiger partial charge < -0.3 is 9.15 Å². The minimum absolute atomic E-state index is 0.618. The molecule has 0 unspecified atom stereocenters. The predicted octanol–water partition coefficient (Wildman–Crippen LogP) is 5.05. The molecule has 0 amide bonds. The van der Waals surface area contributed by atoms with Gasteiger partial charge in [0.1, 0.15) is 11.5 Å². The maximum Gasteiger partial charge on any atom is 0.230 e. The van der Waals surface area contributed by atoms with Crippen molar-refractivity contribution in [3.8, 4) is 17.2 Å². The Kier molecular flexibility index (Phi) is 5.56. The lowest BCUT2D eigenvalue weighted by Crippen LogP contribution is -2.17. The van der Waals surface area contributed by atoms with Crippen LogP contribution in [0.2, 0.25) is 0 Å². The summed E-state index contributed by atoms with van der Waals surface area (Å²) in [5.41, 5.74) is 3.22. The van der Waals surface area contributed by atoms with Gasteiger partial charge >= 0.3 is 0 Å². The normalized spacial score (nSPS) is 11.2. The molecule has 0 aliphatic rings. The van der Waals surface area contributed by atoms with Crippen molar-refractivity contribution in [2.24, 2.45) is 0 Å². The molecule has 0 bridgehead atoms. The van der Waals surface area contributed by atoms with Crippen molar-refractivity contribution in [3.05, 3.63) is 57.6 Å². The van der Waals surface area contributed by atoms with Crippen LogP contribution in [0.15, 0.2) is 40.1 Å². The average Bonchev–Trinajstić information content (AvgIpc) is 3.15. The van der Waals surface area contributed by atoms with E-state index in [2.05, 4.69) is 30.3 Å².